The minimum absolute atomic E-state index is 0.864. The Kier molecular flexibility index (Phi) is 6.62. The molecule has 0 bridgehead atoms. The van der Waals surface area contributed by atoms with Crippen LogP contribution < -0.4 is 0 Å². The van der Waals surface area contributed by atoms with E-state index in [-0.39, 0.29) is 0 Å². The van der Waals surface area contributed by atoms with Crippen molar-refractivity contribution in [2.24, 2.45) is 0 Å². The molecule has 128 valence electrons. The van der Waals surface area contributed by atoms with Gasteiger partial charge in [0.15, 0.2) is 0 Å². The highest BCUT2D eigenvalue weighted by atomic mass is 15.2. The van der Waals surface area contributed by atoms with Gasteiger partial charge in [0.25, 0.3) is 0 Å². The molecule has 0 aromatic heterocycles. The zero-order chi connectivity index (χ0) is 15.2. The third kappa shape index (κ3) is 4.47. The maximum Gasteiger partial charge on any atom is 0.0104 e. The normalized spacial score (nSPS) is 30.0. The molecule has 3 rings (SSSR count). The SMILES string of the molecule is CN1CCCCC1CCN(C1CCCCC1)C1CCCCC1. The van der Waals surface area contributed by atoms with E-state index in [1.165, 1.54) is 103 Å². The molecular weight excluding hydrogens is 268 g/mol. The van der Waals surface area contributed by atoms with Crippen LogP contribution >= 0.6 is 0 Å². The van der Waals surface area contributed by atoms with Crippen molar-refractivity contribution in [1.29, 1.82) is 0 Å². The fourth-order valence-corrected chi connectivity index (χ4v) is 5.30. The van der Waals surface area contributed by atoms with E-state index in [1.807, 2.05) is 0 Å². The van der Waals surface area contributed by atoms with Crippen LogP contribution in [0.3, 0.4) is 0 Å². The van der Waals surface area contributed by atoms with E-state index in [4.69, 9.17) is 0 Å². The Morgan fingerprint density at radius 2 is 1.27 bits per heavy atom. The van der Waals surface area contributed by atoms with E-state index in [0.29, 0.717) is 0 Å². The number of likely N-dealkylation sites (tertiary alicyclic amines) is 1. The quantitative estimate of drug-likeness (QED) is 0.718. The van der Waals surface area contributed by atoms with E-state index in [2.05, 4.69) is 16.8 Å². The molecule has 0 amide bonds. The zero-order valence-electron chi connectivity index (χ0n) is 14.9. The van der Waals surface area contributed by atoms with E-state index in [0.717, 1.165) is 18.1 Å². The average molecular weight is 307 g/mol. The minimum Gasteiger partial charge on any atom is -0.303 e. The Labute approximate surface area is 138 Å². The summed E-state index contributed by atoms with van der Waals surface area (Å²) in [6.07, 6.45) is 20.6. The van der Waals surface area contributed by atoms with E-state index >= 15 is 0 Å². The van der Waals surface area contributed by atoms with Crippen molar-refractivity contribution in [2.75, 3.05) is 20.1 Å². The van der Waals surface area contributed by atoms with Crippen LogP contribution in [-0.2, 0) is 0 Å². The van der Waals surface area contributed by atoms with Crippen molar-refractivity contribution in [2.45, 2.75) is 108 Å². The van der Waals surface area contributed by atoms with E-state index < -0.39 is 0 Å². The molecule has 0 spiro atoms. The number of hydrogen-bond donors (Lipinski definition) is 0. The Hall–Kier alpha value is -0.0800. The summed E-state index contributed by atoms with van der Waals surface area (Å²) in [5.74, 6) is 0. The third-order valence-corrected chi connectivity index (χ3v) is 6.73. The minimum atomic E-state index is 0.864. The molecule has 0 radical (unpaired) electrons. The van der Waals surface area contributed by atoms with Crippen molar-refractivity contribution in [3.8, 4) is 0 Å². The van der Waals surface area contributed by atoms with Gasteiger partial charge in [-0.1, -0.05) is 44.9 Å². The van der Waals surface area contributed by atoms with Crippen LogP contribution in [0.2, 0.25) is 0 Å². The molecule has 1 heterocycles. The zero-order valence-corrected chi connectivity index (χ0v) is 14.9. The monoisotopic (exact) mass is 306 g/mol. The van der Waals surface area contributed by atoms with Crippen LogP contribution in [-0.4, -0.2) is 48.1 Å². The van der Waals surface area contributed by atoms with Gasteiger partial charge >= 0.3 is 0 Å². The number of hydrogen-bond acceptors (Lipinski definition) is 2. The van der Waals surface area contributed by atoms with Gasteiger partial charge in [0.05, 0.1) is 0 Å². The molecular formula is C20H38N2. The lowest BCUT2D eigenvalue weighted by Crippen LogP contribution is -2.47. The first-order chi connectivity index (χ1) is 10.8. The lowest BCUT2D eigenvalue weighted by atomic mass is 9.88. The Bertz CT molecular complexity index is 287. The molecule has 0 aromatic rings. The van der Waals surface area contributed by atoms with Gasteiger partial charge in [0.2, 0.25) is 0 Å². The highest BCUT2D eigenvalue weighted by Gasteiger charge is 2.29. The van der Waals surface area contributed by atoms with Crippen LogP contribution in [0.5, 0.6) is 0 Å². The molecule has 3 aliphatic rings. The van der Waals surface area contributed by atoms with Gasteiger partial charge in [-0.2, -0.15) is 0 Å². The summed E-state index contributed by atoms with van der Waals surface area (Å²) in [4.78, 5) is 5.64. The third-order valence-electron chi connectivity index (χ3n) is 6.73. The number of rotatable bonds is 5. The summed E-state index contributed by atoms with van der Waals surface area (Å²) in [6.45, 7) is 2.71. The van der Waals surface area contributed by atoms with Crippen LogP contribution in [0.15, 0.2) is 0 Å². The van der Waals surface area contributed by atoms with Crippen molar-refractivity contribution < 1.29 is 0 Å². The highest BCUT2D eigenvalue weighted by molar-refractivity contribution is 4.85. The largest absolute Gasteiger partial charge is 0.303 e. The van der Waals surface area contributed by atoms with Gasteiger partial charge in [-0.3, -0.25) is 4.90 Å². The first-order valence-electron chi connectivity index (χ1n) is 10.3. The molecule has 3 fully saturated rings. The highest BCUT2D eigenvalue weighted by Crippen LogP contribution is 2.31. The Balaban J connectivity index is 1.57. The lowest BCUT2D eigenvalue weighted by molar-refractivity contribution is 0.0644. The molecule has 0 aromatic carbocycles. The lowest BCUT2D eigenvalue weighted by Gasteiger charge is -2.43. The fourth-order valence-electron chi connectivity index (χ4n) is 5.30. The second-order valence-electron chi connectivity index (χ2n) is 8.24. The van der Waals surface area contributed by atoms with Crippen LogP contribution in [0, 0.1) is 0 Å². The number of piperidine rings is 1. The van der Waals surface area contributed by atoms with Gasteiger partial charge in [0.1, 0.15) is 0 Å². The molecule has 1 atom stereocenters. The van der Waals surface area contributed by atoms with Gasteiger partial charge in [-0.05, 0) is 58.5 Å². The molecule has 2 aliphatic carbocycles. The first-order valence-corrected chi connectivity index (χ1v) is 10.3. The average Bonchev–Trinajstić information content (AvgIpc) is 2.59. The Morgan fingerprint density at radius 3 is 1.82 bits per heavy atom. The Morgan fingerprint density at radius 1 is 0.727 bits per heavy atom. The van der Waals surface area contributed by atoms with Crippen LogP contribution in [0.4, 0.5) is 0 Å². The van der Waals surface area contributed by atoms with Gasteiger partial charge in [0, 0.05) is 24.7 Å². The molecule has 0 N–H and O–H groups in total. The predicted molar refractivity (Wildman–Crippen MR) is 95.3 cm³/mol. The second-order valence-corrected chi connectivity index (χ2v) is 8.24. The summed E-state index contributed by atoms with van der Waals surface area (Å²) in [7, 11) is 2.36. The summed E-state index contributed by atoms with van der Waals surface area (Å²) in [5.41, 5.74) is 0. The maximum absolute atomic E-state index is 3.00. The van der Waals surface area contributed by atoms with Gasteiger partial charge in [-0.25, -0.2) is 0 Å². The maximum atomic E-state index is 3.00. The summed E-state index contributed by atoms with van der Waals surface area (Å²) >= 11 is 0. The summed E-state index contributed by atoms with van der Waals surface area (Å²) in [6, 6.07) is 2.71. The van der Waals surface area contributed by atoms with Crippen molar-refractivity contribution in [3.63, 3.8) is 0 Å². The molecule has 1 unspecified atom stereocenters. The fraction of sp³-hybridized carbons (Fsp3) is 1.00. The molecule has 22 heavy (non-hydrogen) atoms. The standard InChI is InChI=1S/C20H38N2/c1-21-16-9-8-10-18(21)15-17-22(19-11-4-2-5-12-19)20-13-6-3-7-14-20/h18-20H,2-17H2,1H3. The van der Waals surface area contributed by atoms with E-state index in [9.17, 15) is 0 Å². The predicted octanol–water partition coefficient (Wildman–Crippen LogP) is 4.83. The molecule has 1 aliphatic heterocycles. The second kappa shape index (κ2) is 8.68. The number of nitrogens with zero attached hydrogens (tertiary/aromatic N) is 2. The topological polar surface area (TPSA) is 6.48 Å². The van der Waals surface area contributed by atoms with Gasteiger partial charge < -0.3 is 4.90 Å². The molecule has 2 nitrogen and oxygen atoms in total. The van der Waals surface area contributed by atoms with Gasteiger partial charge in [-0.15, -0.1) is 0 Å². The summed E-state index contributed by atoms with van der Waals surface area (Å²) in [5, 5.41) is 0. The molecule has 2 heteroatoms. The van der Waals surface area contributed by atoms with E-state index in [1.54, 1.807) is 0 Å². The first kappa shape index (κ1) is 16.8. The smallest absolute Gasteiger partial charge is 0.0104 e. The van der Waals surface area contributed by atoms with Crippen molar-refractivity contribution in [3.05, 3.63) is 0 Å². The van der Waals surface area contributed by atoms with Crippen molar-refractivity contribution >= 4 is 0 Å². The molecule has 1 saturated heterocycles. The van der Waals surface area contributed by atoms with Crippen molar-refractivity contribution in [1.82, 2.24) is 9.80 Å². The van der Waals surface area contributed by atoms with Crippen LogP contribution in [0.1, 0.15) is 89.9 Å². The molecule has 2 saturated carbocycles. The van der Waals surface area contributed by atoms with Crippen LogP contribution in [0.25, 0.3) is 0 Å². The summed E-state index contributed by atoms with van der Waals surface area (Å²) < 4.78 is 0.